The summed E-state index contributed by atoms with van der Waals surface area (Å²) in [5.74, 6) is 0.954. The first-order chi connectivity index (χ1) is 12.8. The molecular weight excluding hydrogens is 326 g/mol. The molecule has 0 spiro atoms. The number of carbonyl (C=O) groups excluding carboxylic acids is 1. The summed E-state index contributed by atoms with van der Waals surface area (Å²) in [4.78, 5) is 18.2. The van der Waals surface area contributed by atoms with Gasteiger partial charge in [-0.1, -0.05) is 23.8 Å². The van der Waals surface area contributed by atoms with Gasteiger partial charge in [0.05, 0.1) is 18.0 Å². The number of carbonyl (C=O) groups is 1. The number of piperidine rings is 1. The van der Waals surface area contributed by atoms with Crippen LogP contribution in [0.15, 0.2) is 54.4 Å². The highest BCUT2D eigenvalue weighted by molar-refractivity contribution is 5.89. The van der Waals surface area contributed by atoms with E-state index >= 15 is 0 Å². The van der Waals surface area contributed by atoms with Crippen LogP contribution in [-0.4, -0.2) is 35.1 Å². The minimum absolute atomic E-state index is 0.0584. The Morgan fingerprint density at radius 1 is 1.19 bits per heavy atom. The molecule has 2 heterocycles. The van der Waals surface area contributed by atoms with Gasteiger partial charge in [0.2, 0.25) is 0 Å². The molecule has 5 heteroatoms. The van der Waals surface area contributed by atoms with E-state index in [0.29, 0.717) is 6.10 Å². The van der Waals surface area contributed by atoms with Crippen LogP contribution in [-0.2, 0) is 0 Å². The topological polar surface area (TPSA) is 54.5 Å². The van der Waals surface area contributed by atoms with Crippen molar-refractivity contribution in [3.05, 3.63) is 59.9 Å². The van der Waals surface area contributed by atoms with Gasteiger partial charge in [-0.15, -0.1) is 0 Å². The zero-order chi connectivity index (χ0) is 17.8. The van der Waals surface area contributed by atoms with E-state index in [1.807, 2.05) is 29.2 Å². The number of pyridine rings is 1. The third-order valence-corrected chi connectivity index (χ3v) is 4.66. The molecule has 134 valence electrons. The lowest BCUT2D eigenvalue weighted by Gasteiger charge is -2.28. The van der Waals surface area contributed by atoms with Gasteiger partial charge < -0.3 is 15.0 Å². The summed E-state index contributed by atoms with van der Waals surface area (Å²) in [6, 6.07) is 11.9. The van der Waals surface area contributed by atoms with Gasteiger partial charge in [0, 0.05) is 19.3 Å². The summed E-state index contributed by atoms with van der Waals surface area (Å²) >= 11 is 0. The standard InChI is InChI=1S/C21H23N3O2/c25-21(23-18-4-2-10-22-15-18)24-11-8-16(9-12-24)13-17-3-1-5-20(14-17)26-19-6-7-19/h1-5,10,13-15,19H,6-9,11-12H2,(H,23,25). The molecule has 2 aliphatic rings. The number of aromatic nitrogens is 1. The SMILES string of the molecule is O=C(Nc1cccnc1)N1CCC(=Cc2cccc(OC3CC3)c2)CC1. The molecule has 0 unspecified atom stereocenters. The fraction of sp³-hybridized carbons (Fsp3) is 0.333. The number of urea groups is 1. The molecule has 1 saturated carbocycles. The molecule has 2 fully saturated rings. The lowest BCUT2D eigenvalue weighted by Crippen LogP contribution is -2.39. The second kappa shape index (κ2) is 7.60. The van der Waals surface area contributed by atoms with E-state index in [1.54, 1.807) is 12.4 Å². The number of likely N-dealkylation sites (tertiary alicyclic amines) is 1. The number of rotatable bonds is 4. The van der Waals surface area contributed by atoms with E-state index in [-0.39, 0.29) is 6.03 Å². The van der Waals surface area contributed by atoms with Crippen molar-refractivity contribution in [1.82, 2.24) is 9.88 Å². The van der Waals surface area contributed by atoms with Crippen LogP contribution in [0.4, 0.5) is 10.5 Å². The minimum Gasteiger partial charge on any atom is -0.490 e. The van der Waals surface area contributed by atoms with E-state index in [2.05, 4.69) is 28.5 Å². The van der Waals surface area contributed by atoms with Crippen LogP contribution in [0.25, 0.3) is 6.08 Å². The Morgan fingerprint density at radius 2 is 2.04 bits per heavy atom. The number of amides is 2. The highest BCUT2D eigenvalue weighted by atomic mass is 16.5. The predicted molar refractivity (Wildman–Crippen MR) is 102 cm³/mol. The van der Waals surface area contributed by atoms with Crippen LogP contribution in [0.2, 0.25) is 0 Å². The second-order valence-corrected chi connectivity index (χ2v) is 6.85. The van der Waals surface area contributed by atoms with Crippen LogP contribution in [0.1, 0.15) is 31.2 Å². The Labute approximate surface area is 153 Å². The van der Waals surface area contributed by atoms with Crippen LogP contribution >= 0.6 is 0 Å². The molecule has 0 bridgehead atoms. The average Bonchev–Trinajstić information content (AvgIpc) is 3.47. The third kappa shape index (κ3) is 4.42. The first-order valence-electron chi connectivity index (χ1n) is 9.18. The number of hydrogen-bond acceptors (Lipinski definition) is 3. The van der Waals surface area contributed by atoms with Crippen LogP contribution in [0.5, 0.6) is 5.75 Å². The van der Waals surface area contributed by atoms with Gasteiger partial charge in [-0.05, 0) is 55.5 Å². The molecule has 26 heavy (non-hydrogen) atoms. The molecule has 4 rings (SSSR count). The monoisotopic (exact) mass is 349 g/mol. The lowest BCUT2D eigenvalue weighted by molar-refractivity contribution is 0.208. The van der Waals surface area contributed by atoms with Gasteiger partial charge in [-0.3, -0.25) is 4.98 Å². The maximum absolute atomic E-state index is 12.3. The maximum Gasteiger partial charge on any atom is 0.321 e. The van der Waals surface area contributed by atoms with Gasteiger partial charge in [0.25, 0.3) is 0 Å². The van der Waals surface area contributed by atoms with Gasteiger partial charge in [-0.25, -0.2) is 4.79 Å². The zero-order valence-electron chi connectivity index (χ0n) is 14.7. The Bertz CT molecular complexity index is 790. The Morgan fingerprint density at radius 3 is 2.77 bits per heavy atom. The molecular formula is C21H23N3O2. The molecule has 2 amide bonds. The van der Waals surface area contributed by atoms with Crippen LogP contribution in [0.3, 0.4) is 0 Å². The van der Waals surface area contributed by atoms with Crippen LogP contribution < -0.4 is 10.1 Å². The molecule has 1 aliphatic heterocycles. The zero-order valence-corrected chi connectivity index (χ0v) is 14.7. The van der Waals surface area contributed by atoms with Crippen LogP contribution in [0, 0.1) is 0 Å². The summed E-state index contributed by atoms with van der Waals surface area (Å²) in [5, 5.41) is 2.90. The van der Waals surface area contributed by atoms with Crippen molar-refractivity contribution in [1.29, 1.82) is 0 Å². The summed E-state index contributed by atoms with van der Waals surface area (Å²) in [7, 11) is 0. The first kappa shape index (κ1) is 16.6. The average molecular weight is 349 g/mol. The summed E-state index contributed by atoms with van der Waals surface area (Å²) in [6.45, 7) is 1.46. The summed E-state index contributed by atoms with van der Waals surface area (Å²) in [6.07, 6.45) is 10.1. The fourth-order valence-electron chi connectivity index (χ4n) is 3.07. The number of ether oxygens (including phenoxy) is 1. The van der Waals surface area contributed by atoms with Crippen molar-refractivity contribution in [2.45, 2.75) is 31.8 Å². The van der Waals surface area contributed by atoms with E-state index in [9.17, 15) is 4.79 Å². The maximum atomic E-state index is 12.3. The molecule has 0 radical (unpaired) electrons. The van der Waals surface area contributed by atoms with Crippen molar-refractivity contribution in [2.75, 3.05) is 18.4 Å². The van der Waals surface area contributed by atoms with Gasteiger partial charge in [0.1, 0.15) is 5.75 Å². The fourth-order valence-corrected chi connectivity index (χ4v) is 3.07. The minimum atomic E-state index is -0.0584. The second-order valence-electron chi connectivity index (χ2n) is 6.85. The van der Waals surface area contributed by atoms with Crippen molar-refractivity contribution < 1.29 is 9.53 Å². The Kier molecular flexibility index (Phi) is 4.86. The molecule has 1 N–H and O–H groups in total. The number of nitrogens with zero attached hydrogens (tertiary/aromatic N) is 2. The Hall–Kier alpha value is -2.82. The number of anilines is 1. The quantitative estimate of drug-likeness (QED) is 0.894. The highest BCUT2D eigenvalue weighted by Crippen LogP contribution is 2.28. The Balaban J connectivity index is 1.32. The number of nitrogens with one attached hydrogen (secondary N) is 1. The van der Waals surface area contributed by atoms with Crippen molar-refractivity contribution in [3.8, 4) is 5.75 Å². The summed E-state index contributed by atoms with van der Waals surface area (Å²) < 4.78 is 5.86. The molecule has 5 nitrogen and oxygen atoms in total. The molecule has 1 aromatic heterocycles. The number of benzene rings is 1. The van der Waals surface area contributed by atoms with E-state index in [1.165, 1.54) is 24.0 Å². The van der Waals surface area contributed by atoms with Crippen molar-refractivity contribution in [2.24, 2.45) is 0 Å². The third-order valence-electron chi connectivity index (χ3n) is 4.66. The smallest absolute Gasteiger partial charge is 0.321 e. The summed E-state index contributed by atoms with van der Waals surface area (Å²) in [5.41, 5.74) is 3.27. The van der Waals surface area contributed by atoms with E-state index < -0.39 is 0 Å². The van der Waals surface area contributed by atoms with Crippen molar-refractivity contribution in [3.63, 3.8) is 0 Å². The molecule has 0 atom stereocenters. The molecule has 1 aliphatic carbocycles. The van der Waals surface area contributed by atoms with Gasteiger partial charge in [0.15, 0.2) is 0 Å². The molecule has 1 saturated heterocycles. The first-order valence-corrected chi connectivity index (χ1v) is 9.18. The van der Waals surface area contributed by atoms with E-state index in [0.717, 1.165) is 37.4 Å². The van der Waals surface area contributed by atoms with Crippen molar-refractivity contribution >= 4 is 17.8 Å². The molecule has 2 aromatic rings. The predicted octanol–water partition coefficient (Wildman–Crippen LogP) is 4.33. The van der Waals surface area contributed by atoms with E-state index in [4.69, 9.17) is 4.74 Å². The number of hydrogen-bond donors (Lipinski definition) is 1. The highest BCUT2D eigenvalue weighted by Gasteiger charge is 2.23. The molecule has 1 aromatic carbocycles. The normalized spacial score (nSPS) is 16.9. The van der Waals surface area contributed by atoms with Gasteiger partial charge >= 0.3 is 6.03 Å². The van der Waals surface area contributed by atoms with Gasteiger partial charge in [-0.2, -0.15) is 0 Å². The largest absolute Gasteiger partial charge is 0.490 e. The lowest BCUT2D eigenvalue weighted by atomic mass is 10.0.